The van der Waals surface area contributed by atoms with Gasteiger partial charge in [-0.15, -0.1) is 0 Å². The normalized spacial score (nSPS) is 29.9. The standard InChI is InChI=1S/C15H29NO2/c1-5-7-14(15(17)18-6-2)16-13-9-8-11(3)10-12(13)4/h11-14,16H,5-10H2,1-4H3. The minimum Gasteiger partial charge on any atom is -0.465 e. The van der Waals surface area contributed by atoms with Gasteiger partial charge in [0.05, 0.1) is 6.61 Å². The van der Waals surface area contributed by atoms with Crippen LogP contribution in [0.5, 0.6) is 0 Å². The van der Waals surface area contributed by atoms with E-state index in [0.29, 0.717) is 18.6 Å². The number of ether oxygens (including phenoxy) is 1. The zero-order valence-corrected chi connectivity index (χ0v) is 12.4. The summed E-state index contributed by atoms with van der Waals surface area (Å²) >= 11 is 0. The van der Waals surface area contributed by atoms with Gasteiger partial charge in [0.1, 0.15) is 6.04 Å². The van der Waals surface area contributed by atoms with E-state index in [9.17, 15) is 4.79 Å². The fourth-order valence-electron chi connectivity index (χ4n) is 2.97. The molecule has 1 aliphatic rings. The van der Waals surface area contributed by atoms with E-state index in [1.807, 2.05) is 6.92 Å². The number of carbonyl (C=O) groups is 1. The summed E-state index contributed by atoms with van der Waals surface area (Å²) in [5, 5.41) is 3.54. The molecule has 0 aromatic carbocycles. The van der Waals surface area contributed by atoms with Crippen LogP contribution in [0.4, 0.5) is 0 Å². The van der Waals surface area contributed by atoms with Gasteiger partial charge < -0.3 is 10.1 Å². The van der Waals surface area contributed by atoms with Gasteiger partial charge in [-0.2, -0.15) is 0 Å². The van der Waals surface area contributed by atoms with Gasteiger partial charge in [-0.25, -0.2) is 0 Å². The van der Waals surface area contributed by atoms with E-state index in [4.69, 9.17) is 4.74 Å². The topological polar surface area (TPSA) is 38.3 Å². The molecular weight excluding hydrogens is 226 g/mol. The Bertz CT molecular complexity index is 255. The monoisotopic (exact) mass is 255 g/mol. The zero-order valence-electron chi connectivity index (χ0n) is 12.4. The highest BCUT2D eigenvalue weighted by Gasteiger charge is 2.29. The Morgan fingerprint density at radius 1 is 1.33 bits per heavy atom. The Hall–Kier alpha value is -0.570. The third-order valence-corrected chi connectivity index (χ3v) is 4.00. The van der Waals surface area contributed by atoms with Crippen molar-refractivity contribution in [2.75, 3.05) is 6.61 Å². The molecule has 0 saturated heterocycles. The second kappa shape index (κ2) is 7.78. The number of hydrogen-bond donors (Lipinski definition) is 1. The lowest BCUT2D eigenvalue weighted by molar-refractivity contribution is -0.146. The van der Waals surface area contributed by atoms with E-state index < -0.39 is 0 Å². The van der Waals surface area contributed by atoms with Crippen LogP contribution in [0.3, 0.4) is 0 Å². The van der Waals surface area contributed by atoms with Crippen LogP contribution in [0, 0.1) is 11.8 Å². The van der Waals surface area contributed by atoms with Gasteiger partial charge in [-0.1, -0.05) is 27.2 Å². The molecule has 0 heterocycles. The second-order valence-electron chi connectivity index (χ2n) is 5.76. The van der Waals surface area contributed by atoms with Crippen LogP contribution < -0.4 is 5.32 Å². The third kappa shape index (κ3) is 4.60. The number of hydrogen-bond acceptors (Lipinski definition) is 3. The number of esters is 1. The molecule has 1 aliphatic carbocycles. The molecule has 106 valence electrons. The smallest absolute Gasteiger partial charge is 0.323 e. The molecular formula is C15H29NO2. The fraction of sp³-hybridized carbons (Fsp3) is 0.933. The first-order valence-electron chi connectivity index (χ1n) is 7.51. The van der Waals surface area contributed by atoms with E-state index in [0.717, 1.165) is 18.8 Å². The predicted octanol–water partition coefficient (Wildman–Crippen LogP) is 3.13. The molecule has 0 amide bonds. The summed E-state index contributed by atoms with van der Waals surface area (Å²) < 4.78 is 5.15. The Balaban J connectivity index is 2.51. The van der Waals surface area contributed by atoms with E-state index in [1.165, 1.54) is 19.3 Å². The average molecular weight is 255 g/mol. The maximum Gasteiger partial charge on any atom is 0.323 e. The van der Waals surface area contributed by atoms with E-state index in [2.05, 4.69) is 26.1 Å². The molecule has 4 atom stereocenters. The van der Waals surface area contributed by atoms with Crippen molar-refractivity contribution >= 4 is 5.97 Å². The maximum absolute atomic E-state index is 11.9. The van der Waals surface area contributed by atoms with Gasteiger partial charge in [0, 0.05) is 6.04 Å². The van der Waals surface area contributed by atoms with Gasteiger partial charge in [0.2, 0.25) is 0 Å². The van der Waals surface area contributed by atoms with Crippen LogP contribution >= 0.6 is 0 Å². The van der Waals surface area contributed by atoms with Crippen LogP contribution in [-0.4, -0.2) is 24.7 Å². The summed E-state index contributed by atoms with van der Waals surface area (Å²) in [4.78, 5) is 11.9. The first kappa shape index (κ1) is 15.5. The highest BCUT2D eigenvalue weighted by molar-refractivity contribution is 5.75. The lowest BCUT2D eigenvalue weighted by Crippen LogP contribution is -2.48. The summed E-state index contributed by atoms with van der Waals surface area (Å²) in [5.41, 5.74) is 0. The Morgan fingerprint density at radius 3 is 2.61 bits per heavy atom. The lowest BCUT2D eigenvalue weighted by Gasteiger charge is -2.35. The molecule has 1 rings (SSSR count). The maximum atomic E-state index is 11.9. The highest BCUT2D eigenvalue weighted by Crippen LogP contribution is 2.29. The highest BCUT2D eigenvalue weighted by atomic mass is 16.5. The van der Waals surface area contributed by atoms with Crippen molar-refractivity contribution in [3.8, 4) is 0 Å². The van der Waals surface area contributed by atoms with E-state index >= 15 is 0 Å². The van der Waals surface area contributed by atoms with Crippen molar-refractivity contribution in [1.82, 2.24) is 5.32 Å². The Kier molecular flexibility index (Phi) is 6.69. The second-order valence-corrected chi connectivity index (χ2v) is 5.76. The molecule has 0 radical (unpaired) electrons. The summed E-state index contributed by atoms with van der Waals surface area (Å²) in [6.07, 6.45) is 5.59. The van der Waals surface area contributed by atoms with Crippen LogP contribution in [0.15, 0.2) is 0 Å². The van der Waals surface area contributed by atoms with Gasteiger partial charge in [-0.3, -0.25) is 4.79 Å². The summed E-state index contributed by atoms with van der Waals surface area (Å²) in [7, 11) is 0. The summed E-state index contributed by atoms with van der Waals surface area (Å²) in [5.74, 6) is 1.40. The van der Waals surface area contributed by atoms with Crippen molar-refractivity contribution < 1.29 is 9.53 Å². The fourth-order valence-corrected chi connectivity index (χ4v) is 2.97. The molecule has 1 N–H and O–H groups in total. The first-order valence-corrected chi connectivity index (χ1v) is 7.51. The van der Waals surface area contributed by atoms with Crippen molar-refractivity contribution in [1.29, 1.82) is 0 Å². The zero-order chi connectivity index (χ0) is 13.5. The van der Waals surface area contributed by atoms with Crippen molar-refractivity contribution in [3.63, 3.8) is 0 Å². The molecule has 0 spiro atoms. The molecule has 0 aromatic heterocycles. The van der Waals surface area contributed by atoms with Crippen molar-refractivity contribution in [2.24, 2.45) is 11.8 Å². The van der Waals surface area contributed by atoms with E-state index in [-0.39, 0.29) is 12.0 Å². The van der Waals surface area contributed by atoms with Crippen LogP contribution in [0.2, 0.25) is 0 Å². The van der Waals surface area contributed by atoms with Crippen molar-refractivity contribution in [2.45, 2.75) is 71.9 Å². The molecule has 1 saturated carbocycles. The van der Waals surface area contributed by atoms with Crippen LogP contribution in [-0.2, 0) is 9.53 Å². The molecule has 1 fully saturated rings. The molecule has 3 heteroatoms. The largest absolute Gasteiger partial charge is 0.465 e. The number of nitrogens with one attached hydrogen (secondary N) is 1. The molecule has 0 aromatic rings. The number of rotatable bonds is 6. The van der Waals surface area contributed by atoms with Gasteiger partial charge in [-0.05, 0) is 44.4 Å². The minimum absolute atomic E-state index is 0.0785. The van der Waals surface area contributed by atoms with Gasteiger partial charge in [0.15, 0.2) is 0 Å². The summed E-state index contributed by atoms with van der Waals surface area (Å²) in [6.45, 7) is 9.06. The molecule has 0 bridgehead atoms. The van der Waals surface area contributed by atoms with Crippen LogP contribution in [0.25, 0.3) is 0 Å². The molecule has 0 aliphatic heterocycles. The molecule has 3 nitrogen and oxygen atoms in total. The Labute approximate surface area is 112 Å². The predicted molar refractivity (Wildman–Crippen MR) is 74.4 cm³/mol. The average Bonchev–Trinajstić information content (AvgIpc) is 2.32. The number of carbonyl (C=O) groups excluding carboxylic acids is 1. The summed E-state index contributed by atoms with van der Waals surface area (Å²) in [6, 6.07) is 0.359. The third-order valence-electron chi connectivity index (χ3n) is 4.00. The quantitative estimate of drug-likeness (QED) is 0.741. The van der Waals surface area contributed by atoms with Gasteiger partial charge >= 0.3 is 5.97 Å². The Morgan fingerprint density at radius 2 is 2.06 bits per heavy atom. The van der Waals surface area contributed by atoms with E-state index in [1.54, 1.807) is 0 Å². The van der Waals surface area contributed by atoms with Gasteiger partial charge in [0.25, 0.3) is 0 Å². The minimum atomic E-state index is -0.115. The lowest BCUT2D eigenvalue weighted by atomic mass is 9.79. The molecule has 18 heavy (non-hydrogen) atoms. The first-order chi connectivity index (χ1) is 8.58. The van der Waals surface area contributed by atoms with Crippen molar-refractivity contribution in [3.05, 3.63) is 0 Å². The molecule has 4 unspecified atom stereocenters. The SMILES string of the molecule is CCCC(NC1CCC(C)CC1C)C(=O)OCC. The van der Waals surface area contributed by atoms with Crippen LogP contribution in [0.1, 0.15) is 59.8 Å².